The van der Waals surface area contributed by atoms with Gasteiger partial charge in [-0.05, 0) is 47.5 Å². The minimum atomic E-state index is -3.67. The number of sulfonamides is 1. The average molecular weight is 443 g/mol. The molecule has 8 heteroatoms. The van der Waals surface area contributed by atoms with Crippen molar-refractivity contribution in [2.75, 3.05) is 20.2 Å². The van der Waals surface area contributed by atoms with E-state index in [0.29, 0.717) is 8.95 Å². The van der Waals surface area contributed by atoms with Crippen LogP contribution >= 0.6 is 31.9 Å². The molecule has 0 bridgehead atoms. The third-order valence-electron chi connectivity index (χ3n) is 2.84. The van der Waals surface area contributed by atoms with Crippen LogP contribution in [0.5, 0.6) is 0 Å². The predicted octanol–water partition coefficient (Wildman–Crippen LogP) is 3.09. The molecule has 0 saturated carbocycles. The summed E-state index contributed by atoms with van der Waals surface area (Å²) in [7, 11) is -2.23. The van der Waals surface area contributed by atoms with Crippen LogP contribution < -0.4 is 0 Å². The fraction of sp³-hybridized carbons (Fsp3) is 0.462. The Morgan fingerprint density at radius 3 is 2.48 bits per heavy atom. The van der Waals surface area contributed by atoms with Crippen molar-refractivity contribution in [3.8, 4) is 0 Å². The largest absolute Gasteiger partial charge is 0.466 e. The first-order chi connectivity index (χ1) is 9.70. The summed E-state index contributed by atoms with van der Waals surface area (Å²) in [6, 6.07) is 3.28. The van der Waals surface area contributed by atoms with E-state index in [1.165, 1.54) is 7.05 Å². The van der Waals surface area contributed by atoms with E-state index >= 15 is 0 Å². The van der Waals surface area contributed by atoms with Gasteiger partial charge in [-0.25, -0.2) is 12.7 Å². The van der Waals surface area contributed by atoms with Gasteiger partial charge in [0.25, 0.3) is 0 Å². The first-order valence-corrected chi connectivity index (χ1v) is 9.30. The molecule has 0 amide bonds. The SMILES string of the molecule is CCOC(=O)CCN(C)S(=O)(=O)c1cc(Br)c(C)cc1Br. The summed E-state index contributed by atoms with van der Waals surface area (Å²) >= 11 is 6.60. The molecule has 1 aromatic carbocycles. The number of carbonyl (C=O) groups is 1. The van der Waals surface area contributed by atoms with Crippen molar-refractivity contribution in [1.82, 2.24) is 4.31 Å². The smallest absolute Gasteiger partial charge is 0.307 e. The highest BCUT2D eigenvalue weighted by Gasteiger charge is 2.24. The first-order valence-electron chi connectivity index (χ1n) is 6.27. The molecule has 0 heterocycles. The van der Waals surface area contributed by atoms with Crippen LogP contribution in [0, 0.1) is 6.92 Å². The minimum Gasteiger partial charge on any atom is -0.466 e. The maximum atomic E-state index is 12.5. The number of aryl methyl sites for hydroxylation is 1. The standard InChI is InChI=1S/C13H17Br2NO4S/c1-4-20-13(17)5-6-16(3)21(18,19)12-8-10(14)9(2)7-11(12)15/h7-8H,4-6H2,1-3H3. The Bertz CT molecular complexity index is 631. The molecule has 5 nitrogen and oxygen atoms in total. The first kappa shape index (κ1) is 18.6. The second kappa shape index (κ2) is 7.71. The van der Waals surface area contributed by atoms with Gasteiger partial charge in [-0.2, -0.15) is 0 Å². The summed E-state index contributed by atoms with van der Waals surface area (Å²) in [5.41, 5.74) is 0.926. The third kappa shape index (κ3) is 4.77. The molecule has 0 aliphatic heterocycles. The van der Waals surface area contributed by atoms with E-state index in [2.05, 4.69) is 31.9 Å². The molecule has 0 aliphatic carbocycles. The Kier molecular flexibility index (Phi) is 6.83. The normalized spacial score (nSPS) is 11.7. The molecule has 0 saturated heterocycles. The van der Waals surface area contributed by atoms with E-state index in [1.54, 1.807) is 19.1 Å². The zero-order chi connectivity index (χ0) is 16.2. The van der Waals surface area contributed by atoms with Gasteiger partial charge in [-0.3, -0.25) is 4.79 Å². The van der Waals surface area contributed by atoms with Crippen LogP contribution in [0.2, 0.25) is 0 Å². The van der Waals surface area contributed by atoms with Crippen molar-refractivity contribution in [2.24, 2.45) is 0 Å². The lowest BCUT2D eigenvalue weighted by Gasteiger charge is -2.18. The number of carbonyl (C=O) groups excluding carboxylic acids is 1. The number of rotatable bonds is 6. The van der Waals surface area contributed by atoms with Gasteiger partial charge >= 0.3 is 5.97 Å². The van der Waals surface area contributed by atoms with Crippen LogP contribution in [0.3, 0.4) is 0 Å². The van der Waals surface area contributed by atoms with E-state index in [-0.39, 0.29) is 24.5 Å². The Morgan fingerprint density at radius 2 is 1.90 bits per heavy atom. The van der Waals surface area contributed by atoms with Gasteiger partial charge in [0.05, 0.1) is 17.9 Å². The Hall–Kier alpha value is -0.440. The van der Waals surface area contributed by atoms with E-state index in [4.69, 9.17) is 4.74 Å². The summed E-state index contributed by atoms with van der Waals surface area (Å²) in [4.78, 5) is 11.5. The van der Waals surface area contributed by atoms with Crippen LogP contribution in [0.25, 0.3) is 0 Å². The van der Waals surface area contributed by atoms with Crippen LogP contribution in [0.15, 0.2) is 26.0 Å². The quantitative estimate of drug-likeness (QED) is 0.635. The van der Waals surface area contributed by atoms with Gasteiger partial charge in [-0.15, -0.1) is 0 Å². The lowest BCUT2D eigenvalue weighted by atomic mass is 10.2. The molecule has 1 aromatic rings. The minimum absolute atomic E-state index is 0.0220. The van der Waals surface area contributed by atoms with Crippen molar-refractivity contribution in [3.05, 3.63) is 26.6 Å². The number of hydrogen-bond acceptors (Lipinski definition) is 4. The zero-order valence-electron chi connectivity index (χ0n) is 12.0. The summed E-state index contributed by atoms with van der Waals surface area (Å²) in [6.07, 6.45) is 0.0220. The third-order valence-corrected chi connectivity index (χ3v) is 6.51. The van der Waals surface area contributed by atoms with Gasteiger partial charge in [-0.1, -0.05) is 15.9 Å². The fourth-order valence-corrected chi connectivity index (χ4v) is 4.40. The number of benzene rings is 1. The molecular weight excluding hydrogens is 426 g/mol. The second-order valence-electron chi connectivity index (χ2n) is 4.41. The maximum Gasteiger partial charge on any atom is 0.307 e. The molecule has 0 atom stereocenters. The average Bonchev–Trinajstić information content (AvgIpc) is 2.40. The van der Waals surface area contributed by atoms with Crippen molar-refractivity contribution < 1.29 is 17.9 Å². The second-order valence-corrected chi connectivity index (χ2v) is 8.14. The summed E-state index contributed by atoms with van der Waals surface area (Å²) in [5.74, 6) is -0.413. The summed E-state index contributed by atoms with van der Waals surface area (Å²) in [6.45, 7) is 3.93. The van der Waals surface area contributed by atoms with Crippen molar-refractivity contribution in [3.63, 3.8) is 0 Å². The van der Waals surface area contributed by atoms with Crippen molar-refractivity contribution in [2.45, 2.75) is 25.2 Å². The lowest BCUT2D eigenvalue weighted by molar-refractivity contribution is -0.143. The number of esters is 1. The molecule has 0 N–H and O–H groups in total. The molecule has 0 fully saturated rings. The molecular formula is C13H17Br2NO4S. The molecule has 0 aliphatic rings. The van der Waals surface area contributed by atoms with E-state index in [0.717, 1.165) is 9.87 Å². The van der Waals surface area contributed by atoms with Gasteiger partial charge in [0, 0.05) is 22.5 Å². The van der Waals surface area contributed by atoms with Crippen LogP contribution in [0.4, 0.5) is 0 Å². The highest BCUT2D eigenvalue weighted by Crippen LogP contribution is 2.30. The highest BCUT2D eigenvalue weighted by atomic mass is 79.9. The van der Waals surface area contributed by atoms with Gasteiger partial charge in [0.2, 0.25) is 10.0 Å². The number of ether oxygens (including phenoxy) is 1. The van der Waals surface area contributed by atoms with Gasteiger partial charge < -0.3 is 4.74 Å². The molecule has 0 unspecified atom stereocenters. The van der Waals surface area contributed by atoms with E-state index in [1.807, 2.05) is 6.92 Å². The van der Waals surface area contributed by atoms with Crippen molar-refractivity contribution >= 4 is 47.9 Å². The van der Waals surface area contributed by atoms with Crippen LogP contribution in [-0.4, -0.2) is 38.9 Å². The van der Waals surface area contributed by atoms with Gasteiger partial charge in [0.15, 0.2) is 0 Å². The predicted molar refractivity (Wildman–Crippen MR) is 87.6 cm³/mol. The zero-order valence-corrected chi connectivity index (χ0v) is 16.0. The lowest BCUT2D eigenvalue weighted by Crippen LogP contribution is -2.30. The Balaban J connectivity index is 2.95. The maximum absolute atomic E-state index is 12.5. The molecule has 0 radical (unpaired) electrons. The molecule has 1 rings (SSSR count). The monoisotopic (exact) mass is 441 g/mol. The molecule has 21 heavy (non-hydrogen) atoms. The van der Waals surface area contributed by atoms with E-state index < -0.39 is 16.0 Å². The Labute approximate surface area is 142 Å². The summed E-state index contributed by atoms with van der Waals surface area (Å²) < 4.78 is 32.2. The number of hydrogen-bond donors (Lipinski definition) is 0. The summed E-state index contributed by atoms with van der Waals surface area (Å²) in [5, 5.41) is 0. The number of nitrogens with zero attached hydrogens (tertiary/aromatic N) is 1. The fourth-order valence-electron chi connectivity index (χ4n) is 1.60. The van der Waals surface area contributed by atoms with Crippen LogP contribution in [-0.2, 0) is 19.6 Å². The molecule has 0 aromatic heterocycles. The van der Waals surface area contributed by atoms with E-state index in [9.17, 15) is 13.2 Å². The van der Waals surface area contributed by atoms with Crippen LogP contribution in [0.1, 0.15) is 18.9 Å². The highest BCUT2D eigenvalue weighted by molar-refractivity contribution is 9.11. The van der Waals surface area contributed by atoms with Gasteiger partial charge in [0.1, 0.15) is 0 Å². The topological polar surface area (TPSA) is 63.7 Å². The Morgan fingerprint density at radius 1 is 1.29 bits per heavy atom. The van der Waals surface area contributed by atoms with Crippen molar-refractivity contribution in [1.29, 1.82) is 0 Å². The number of halogens is 2. The molecule has 118 valence electrons. The molecule has 0 spiro atoms.